The van der Waals surface area contributed by atoms with Crippen LogP contribution < -0.4 is 20.5 Å². The van der Waals surface area contributed by atoms with Crippen LogP contribution in [0.3, 0.4) is 0 Å². The van der Waals surface area contributed by atoms with Crippen LogP contribution >= 0.6 is 11.6 Å². The number of hydrogen-bond donors (Lipinski definition) is 3. The van der Waals surface area contributed by atoms with E-state index in [0.717, 1.165) is 23.1 Å². The Morgan fingerprint density at radius 1 is 1.10 bits per heavy atom. The lowest BCUT2D eigenvalue weighted by Crippen LogP contribution is -2.35. The smallest absolute Gasteiger partial charge is 0.226 e. The summed E-state index contributed by atoms with van der Waals surface area (Å²) in [5.74, 6) is 0.671. The van der Waals surface area contributed by atoms with E-state index in [1.807, 2.05) is 24.3 Å². The van der Waals surface area contributed by atoms with E-state index in [4.69, 9.17) is 37.0 Å². The van der Waals surface area contributed by atoms with E-state index >= 15 is 0 Å². The van der Waals surface area contributed by atoms with E-state index in [1.165, 1.54) is 0 Å². The molecule has 0 fully saturated rings. The predicted octanol–water partition coefficient (Wildman–Crippen LogP) is 3.37. The number of carbonyl (C=O) groups excluding carboxylic acids is 1. The molecular formula is C21H26ClN3O4. The van der Waals surface area contributed by atoms with Gasteiger partial charge in [-0.3, -0.25) is 15.5 Å². The van der Waals surface area contributed by atoms with Crippen molar-refractivity contribution >= 4 is 23.5 Å². The number of halogens is 1. The highest BCUT2D eigenvalue weighted by atomic mass is 35.5. The third-order valence-electron chi connectivity index (χ3n) is 4.16. The average molecular weight is 420 g/mol. The van der Waals surface area contributed by atoms with Crippen LogP contribution in [0.25, 0.3) is 11.1 Å². The Morgan fingerprint density at radius 2 is 1.83 bits per heavy atom. The Kier molecular flexibility index (Phi) is 8.76. The molecule has 0 saturated carbocycles. The molecule has 0 atom stereocenters. The summed E-state index contributed by atoms with van der Waals surface area (Å²) in [6.45, 7) is 1.09. The Bertz CT molecular complexity index is 858. The summed E-state index contributed by atoms with van der Waals surface area (Å²) in [6.07, 6.45) is 1.46. The third-order valence-corrected chi connectivity index (χ3v) is 4.40. The summed E-state index contributed by atoms with van der Waals surface area (Å²) in [4.78, 5) is 11.8. The van der Waals surface area contributed by atoms with Gasteiger partial charge >= 0.3 is 0 Å². The molecule has 8 heteroatoms. The van der Waals surface area contributed by atoms with Crippen molar-refractivity contribution in [3.05, 3.63) is 47.0 Å². The number of carbonyl (C=O) groups is 1. The number of amides is 1. The molecule has 7 nitrogen and oxygen atoms in total. The van der Waals surface area contributed by atoms with Gasteiger partial charge in [0.15, 0.2) is 5.96 Å². The molecule has 0 aliphatic heterocycles. The second kappa shape index (κ2) is 11.3. The zero-order valence-electron chi connectivity index (χ0n) is 16.6. The molecule has 0 aliphatic rings. The van der Waals surface area contributed by atoms with Crippen LogP contribution in [0.2, 0.25) is 5.02 Å². The summed E-state index contributed by atoms with van der Waals surface area (Å²) in [6, 6.07) is 11.2. The van der Waals surface area contributed by atoms with Gasteiger partial charge in [0.05, 0.1) is 13.7 Å². The first-order chi connectivity index (χ1) is 13.9. The van der Waals surface area contributed by atoms with Crippen molar-refractivity contribution in [2.75, 3.05) is 27.4 Å². The highest BCUT2D eigenvalue weighted by Gasteiger charge is 2.14. The predicted molar refractivity (Wildman–Crippen MR) is 114 cm³/mol. The van der Waals surface area contributed by atoms with Gasteiger partial charge in [0.25, 0.3) is 0 Å². The normalized spacial score (nSPS) is 10.4. The summed E-state index contributed by atoms with van der Waals surface area (Å²) in [5, 5.41) is 9.99. The number of guanidine groups is 1. The number of hydrogen-bond acceptors (Lipinski definition) is 5. The number of ether oxygens (including phenoxy) is 3. The zero-order valence-corrected chi connectivity index (χ0v) is 17.3. The minimum Gasteiger partial charge on any atom is -0.496 e. The van der Waals surface area contributed by atoms with E-state index in [1.54, 1.807) is 26.4 Å². The Labute approximate surface area is 175 Å². The fourth-order valence-corrected chi connectivity index (χ4v) is 2.97. The van der Waals surface area contributed by atoms with Crippen LogP contribution in [-0.2, 0) is 16.0 Å². The minimum absolute atomic E-state index is 0.215. The highest BCUT2D eigenvalue weighted by molar-refractivity contribution is 6.30. The van der Waals surface area contributed by atoms with Crippen molar-refractivity contribution in [3.8, 4) is 22.6 Å². The van der Waals surface area contributed by atoms with Crippen molar-refractivity contribution in [3.63, 3.8) is 0 Å². The molecule has 0 saturated heterocycles. The van der Waals surface area contributed by atoms with Crippen molar-refractivity contribution in [1.82, 2.24) is 5.32 Å². The number of nitrogens with two attached hydrogens (primary N) is 1. The molecule has 1 amide bonds. The number of benzene rings is 2. The number of rotatable bonds is 10. The molecule has 29 heavy (non-hydrogen) atoms. The SMILES string of the molecule is COCCCOc1cc(CCC(=O)NC(=N)N)ccc1-c1ccc(Cl)cc1OC. The van der Waals surface area contributed by atoms with Gasteiger partial charge in [0.1, 0.15) is 11.5 Å². The van der Waals surface area contributed by atoms with E-state index in [2.05, 4.69) is 5.32 Å². The van der Waals surface area contributed by atoms with Crippen molar-refractivity contribution in [2.24, 2.45) is 5.73 Å². The second-order valence-corrected chi connectivity index (χ2v) is 6.77. The maximum absolute atomic E-state index is 11.8. The standard InChI is InChI=1S/C21H26ClN3O4/c1-27-10-3-11-29-19-12-14(5-9-20(26)25-21(23)24)4-7-17(19)16-8-6-15(22)13-18(16)28-2/h4,6-8,12-13H,3,5,9-11H2,1-2H3,(H4,23,24,25,26). The Morgan fingerprint density at radius 3 is 2.52 bits per heavy atom. The third kappa shape index (κ3) is 6.96. The second-order valence-electron chi connectivity index (χ2n) is 6.33. The van der Waals surface area contributed by atoms with E-state index in [-0.39, 0.29) is 18.3 Å². The molecule has 0 aliphatic carbocycles. The number of methoxy groups -OCH3 is 2. The maximum atomic E-state index is 11.8. The Balaban J connectivity index is 2.27. The molecule has 2 aromatic rings. The molecule has 2 rings (SSSR count). The van der Waals surface area contributed by atoms with Gasteiger partial charge in [-0.2, -0.15) is 0 Å². The van der Waals surface area contributed by atoms with Gasteiger partial charge < -0.3 is 19.9 Å². The van der Waals surface area contributed by atoms with Gasteiger partial charge in [-0.15, -0.1) is 0 Å². The first-order valence-corrected chi connectivity index (χ1v) is 9.55. The lowest BCUT2D eigenvalue weighted by Gasteiger charge is -2.16. The van der Waals surface area contributed by atoms with Gasteiger partial charge in [-0.1, -0.05) is 23.7 Å². The highest BCUT2D eigenvalue weighted by Crippen LogP contribution is 2.38. The molecule has 0 aromatic heterocycles. The summed E-state index contributed by atoms with van der Waals surface area (Å²) in [7, 11) is 3.24. The minimum atomic E-state index is -0.359. The topological polar surface area (TPSA) is 107 Å². The molecule has 0 heterocycles. The van der Waals surface area contributed by atoms with Crippen molar-refractivity contribution < 1.29 is 19.0 Å². The Hall–Kier alpha value is -2.77. The van der Waals surface area contributed by atoms with Crippen molar-refractivity contribution in [1.29, 1.82) is 5.41 Å². The molecule has 0 radical (unpaired) electrons. The van der Waals surface area contributed by atoms with Crippen LogP contribution in [0.5, 0.6) is 11.5 Å². The molecule has 0 spiro atoms. The molecule has 2 aromatic carbocycles. The van der Waals surface area contributed by atoms with Crippen LogP contribution in [0, 0.1) is 5.41 Å². The van der Waals surface area contributed by atoms with Gasteiger partial charge in [0, 0.05) is 42.7 Å². The lowest BCUT2D eigenvalue weighted by molar-refractivity contribution is -0.119. The van der Waals surface area contributed by atoms with Crippen LogP contribution in [0.4, 0.5) is 0 Å². The monoisotopic (exact) mass is 419 g/mol. The number of nitrogens with one attached hydrogen (secondary N) is 2. The maximum Gasteiger partial charge on any atom is 0.226 e. The first kappa shape index (κ1) is 22.5. The van der Waals surface area contributed by atoms with Gasteiger partial charge in [-0.05, 0) is 36.2 Å². The van der Waals surface area contributed by atoms with E-state index in [9.17, 15) is 4.79 Å². The molecule has 156 valence electrons. The summed E-state index contributed by atoms with van der Waals surface area (Å²) in [5.41, 5.74) is 7.85. The largest absolute Gasteiger partial charge is 0.496 e. The average Bonchev–Trinajstić information content (AvgIpc) is 2.69. The first-order valence-electron chi connectivity index (χ1n) is 9.17. The van der Waals surface area contributed by atoms with Gasteiger partial charge in [-0.25, -0.2) is 0 Å². The van der Waals surface area contributed by atoms with Crippen LogP contribution in [0.15, 0.2) is 36.4 Å². The van der Waals surface area contributed by atoms with E-state index in [0.29, 0.717) is 36.2 Å². The van der Waals surface area contributed by atoms with Crippen molar-refractivity contribution in [2.45, 2.75) is 19.3 Å². The fourth-order valence-electron chi connectivity index (χ4n) is 2.81. The number of aryl methyl sites for hydroxylation is 1. The lowest BCUT2D eigenvalue weighted by atomic mass is 9.99. The molecular weight excluding hydrogens is 394 g/mol. The quantitative estimate of drug-likeness (QED) is 0.311. The summed E-state index contributed by atoms with van der Waals surface area (Å²) < 4.78 is 16.6. The van der Waals surface area contributed by atoms with Gasteiger partial charge in [0.2, 0.25) is 5.91 Å². The fraction of sp³-hybridized carbons (Fsp3) is 0.333. The zero-order chi connectivity index (χ0) is 21.2. The molecule has 0 bridgehead atoms. The molecule has 4 N–H and O–H groups in total. The van der Waals surface area contributed by atoms with Crippen LogP contribution in [0.1, 0.15) is 18.4 Å². The summed E-state index contributed by atoms with van der Waals surface area (Å²) >= 11 is 6.09. The molecule has 0 unspecified atom stereocenters. The van der Waals surface area contributed by atoms with Crippen LogP contribution in [-0.4, -0.2) is 39.3 Å². The van der Waals surface area contributed by atoms with E-state index < -0.39 is 0 Å².